The molecule has 53 heavy (non-hydrogen) atoms. The van der Waals surface area contributed by atoms with Crippen molar-refractivity contribution < 1.29 is 40.6 Å². The van der Waals surface area contributed by atoms with Gasteiger partial charge in [-0.3, -0.25) is 4.79 Å². The fourth-order valence-corrected chi connectivity index (χ4v) is 5.71. The molecular formula is C40H40F6N4O3. The molecule has 0 bridgehead atoms. The Morgan fingerprint density at radius 2 is 1.45 bits per heavy atom. The Balaban J connectivity index is 1.57. The number of aryl methyl sites for hydroxylation is 1. The number of imidazole rings is 1. The summed E-state index contributed by atoms with van der Waals surface area (Å²) < 4.78 is 96.7. The quantitative estimate of drug-likeness (QED) is 0.0999. The second-order valence-electron chi connectivity index (χ2n) is 12.5. The molecule has 13 heteroatoms. The van der Waals surface area contributed by atoms with Crippen molar-refractivity contribution >= 4 is 11.5 Å². The number of carbonyl (C=O) groups is 1. The highest BCUT2D eigenvalue weighted by Crippen LogP contribution is 2.41. The Hall–Kier alpha value is -4.98. The van der Waals surface area contributed by atoms with Gasteiger partial charge in [-0.25, -0.2) is 4.98 Å². The van der Waals surface area contributed by atoms with Crippen LogP contribution in [0.2, 0.25) is 0 Å². The predicted octanol–water partition coefficient (Wildman–Crippen LogP) is 8.62. The fraction of sp³-hybridized carbons (Fsp3) is 0.300. The summed E-state index contributed by atoms with van der Waals surface area (Å²) in [6.07, 6.45) is -1.84. The molecule has 1 aromatic heterocycles. The minimum absolute atomic E-state index is 0.0146. The van der Waals surface area contributed by atoms with Crippen LogP contribution in [-0.4, -0.2) is 55.0 Å². The molecule has 0 fully saturated rings. The van der Waals surface area contributed by atoms with Gasteiger partial charge in [0.25, 0.3) is 5.91 Å². The lowest BCUT2D eigenvalue weighted by molar-refractivity contribution is -0.143. The molecular weight excluding hydrogens is 698 g/mol. The zero-order valence-electron chi connectivity index (χ0n) is 29.3. The minimum Gasteiger partial charge on any atom is -0.378 e. The lowest BCUT2D eigenvalue weighted by Gasteiger charge is -2.17. The van der Waals surface area contributed by atoms with Crippen molar-refractivity contribution in [1.82, 2.24) is 14.9 Å². The largest absolute Gasteiger partial charge is 0.416 e. The highest BCUT2D eigenvalue weighted by molar-refractivity contribution is 5.94. The number of alkyl halides is 6. The SMILES string of the molecule is CC1=CCC=C(c2c(-c3ccc(C)cc3)nc(-c3cc(C(F)(F)F)cc(C(F)(F)F)c3)n2Cc2ccc(C(=O)NCCOCCOCCN)cc2)C=C1. The molecule has 4 aromatic rings. The van der Waals surface area contributed by atoms with Crippen LogP contribution < -0.4 is 11.1 Å². The van der Waals surface area contributed by atoms with Crippen LogP contribution >= 0.6 is 0 Å². The van der Waals surface area contributed by atoms with Crippen LogP contribution in [0.5, 0.6) is 0 Å². The van der Waals surface area contributed by atoms with Gasteiger partial charge < -0.3 is 25.1 Å². The maximum atomic E-state index is 14.1. The number of hydrogen-bond acceptors (Lipinski definition) is 5. The average molecular weight is 739 g/mol. The number of hydrogen-bond donors (Lipinski definition) is 2. The van der Waals surface area contributed by atoms with E-state index in [2.05, 4.69) is 5.32 Å². The summed E-state index contributed by atoms with van der Waals surface area (Å²) in [7, 11) is 0. The van der Waals surface area contributed by atoms with E-state index in [4.69, 9.17) is 20.2 Å². The van der Waals surface area contributed by atoms with Crippen molar-refractivity contribution in [2.24, 2.45) is 5.73 Å². The summed E-state index contributed by atoms with van der Waals surface area (Å²) in [4.78, 5) is 17.6. The van der Waals surface area contributed by atoms with Gasteiger partial charge in [-0.1, -0.05) is 71.8 Å². The van der Waals surface area contributed by atoms with Crippen molar-refractivity contribution in [3.8, 4) is 22.6 Å². The Morgan fingerprint density at radius 3 is 2.08 bits per heavy atom. The van der Waals surface area contributed by atoms with E-state index < -0.39 is 23.5 Å². The normalized spacial score (nSPS) is 13.5. The molecule has 0 spiro atoms. The van der Waals surface area contributed by atoms with E-state index in [0.29, 0.717) is 78.6 Å². The van der Waals surface area contributed by atoms with Crippen molar-refractivity contribution in [2.45, 2.75) is 39.2 Å². The first-order chi connectivity index (χ1) is 25.2. The topological polar surface area (TPSA) is 91.4 Å². The number of carbonyl (C=O) groups excluding carboxylic acids is 1. The number of nitrogens with one attached hydrogen (secondary N) is 1. The molecule has 5 rings (SSSR count). The van der Waals surface area contributed by atoms with Crippen LogP contribution in [0.1, 0.15) is 51.7 Å². The maximum absolute atomic E-state index is 14.1. The first kappa shape index (κ1) is 39.2. The van der Waals surface area contributed by atoms with Gasteiger partial charge in [0, 0.05) is 36.3 Å². The van der Waals surface area contributed by atoms with E-state index >= 15 is 0 Å². The van der Waals surface area contributed by atoms with Gasteiger partial charge in [-0.2, -0.15) is 26.3 Å². The van der Waals surface area contributed by atoms with Gasteiger partial charge in [0.2, 0.25) is 0 Å². The lowest BCUT2D eigenvalue weighted by atomic mass is 10.0. The van der Waals surface area contributed by atoms with E-state index in [-0.39, 0.29) is 43.1 Å². The minimum atomic E-state index is -5.05. The molecule has 0 radical (unpaired) electrons. The third-order valence-electron chi connectivity index (χ3n) is 8.44. The van der Waals surface area contributed by atoms with E-state index in [1.54, 1.807) is 28.8 Å². The van der Waals surface area contributed by atoms with Crippen LogP contribution in [0.15, 0.2) is 96.6 Å². The summed E-state index contributed by atoms with van der Waals surface area (Å²) in [5.41, 5.74) is 7.33. The number of nitrogens with zero attached hydrogens (tertiary/aromatic N) is 2. The van der Waals surface area contributed by atoms with Crippen LogP contribution in [0.25, 0.3) is 28.2 Å². The van der Waals surface area contributed by atoms with Crippen molar-refractivity contribution in [3.63, 3.8) is 0 Å². The number of rotatable bonds is 14. The second-order valence-corrected chi connectivity index (χ2v) is 12.5. The molecule has 0 saturated heterocycles. The van der Waals surface area contributed by atoms with E-state index in [1.165, 1.54) is 0 Å². The summed E-state index contributed by atoms with van der Waals surface area (Å²) in [6, 6.07) is 15.5. The zero-order valence-corrected chi connectivity index (χ0v) is 29.3. The first-order valence-electron chi connectivity index (χ1n) is 17.0. The smallest absolute Gasteiger partial charge is 0.378 e. The molecule has 0 atom stereocenters. The third-order valence-corrected chi connectivity index (χ3v) is 8.44. The maximum Gasteiger partial charge on any atom is 0.416 e. The number of aromatic nitrogens is 2. The van der Waals surface area contributed by atoms with Gasteiger partial charge in [-0.05, 0) is 61.7 Å². The van der Waals surface area contributed by atoms with E-state index in [0.717, 1.165) is 11.1 Å². The predicted molar refractivity (Wildman–Crippen MR) is 192 cm³/mol. The summed E-state index contributed by atoms with van der Waals surface area (Å²) in [6.45, 7) is 5.98. The molecule has 280 valence electrons. The van der Waals surface area contributed by atoms with Crippen molar-refractivity contribution in [1.29, 1.82) is 0 Å². The van der Waals surface area contributed by atoms with Crippen LogP contribution in [0.4, 0.5) is 26.3 Å². The Labute approximate surface area is 303 Å². The second kappa shape index (κ2) is 17.2. The Morgan fingerprint density at radius 1 is 0.811 bits per heavy atom. The van der Waals surface area contributed by atoms with Gasteiger partial charge in [-0.15, -0.1) is 0 Å². The molecule has 7 nitrogen and oxygen atoms in total. The third kappa shape index (κ3) is 10.3. The standard InChI is InChI=1S/C40H40F6N4O3/c1-26-4-3-5-30(13-8-26)36-35(29-11-6-27(2)7-12-29)49-37(32-22-33(39(41,42)43)24-34(23-32)40(44,45)46)50(36)25-28-9-14-31(15-10-28)38(51)48-17-19-53-21-20-52-18-16-47/h4-15,22-24H,3,16-21,25,47H2,1-2H3,(H,48,51). The number of amides is 1. The molecule has 3 N–H and O–H groups in total. The van der Waals surface area contributed by atoms with E-state index in [9.17, 15) is 31.1 Å². The highest BCUT2D eigenvalue weighted by Gasteiger charge is 2.38. The van der Waals surface area contributed by atoms with Crippen molar-refractivity contribution in [2.75, 3.05) is 39.5 Å². The average Bonchev–Trinajstić information content (AvgIpc) is 3.35. The van der Waals surface area contributed by atoms with Crippen molar-refractivity contribution in [3.05, 3.63) is 130 Å². The van der Waals surface area contributed by atoms with Gasteiger partial charge in [0.15, 0.2) is 0 Å². The van der Waals surface area contributed by atoms with Crippen LogP contribution in [0, 0.1) is 6.92 Å². The Kier molecular flexibility index (Phi) is 12.8. The van der Waals surface area contributed by atoms with Gasteiger partial charge in [0.1, 0.15) is 5.82 Å². The molecule has 1 heterocycles. The lowest BCUT2D eigenvalue weighted by Crippen LogP contribution is -2.27. The summed E-state index contributed by atoms with van der Waals surface area (Å²) in [5.74, 6) is -0.420. The molecule has 0 aliphatic heterocycles. The Bertz CT molecular complexity index is 1940. The number of benzene rings is 3. The molecule has 1 amide bonds. The number of ether oxygens (including phenoxy) is 2. The molecule has 3 aromatic carbocycles. The molecule has 0 saturated carbocycles. The number of halogens is 6. The zero-order chi connectivity index (χ0) is 38.2. The molecule has 1 aliphatic rings. The fourth-order valence-electron chi connectivity index (χ4n) is 5.71. The first-order valence-corrected chi connectivity index (χ1v) is 17.0. The van der Waals surface area contributed by atoms with Gasteiger partial charge >= 0.3 is 12.4 Å². The summed E-state index contributed by atoms with van der Waals surface area (Å²) in [5, 5.41) is 2.78. The van der Waals surface area contributed by atoms with Gasteiger partial charge in [0.05, 0.1) is 48.9 Å². The number of allylic oxidation sites excluding steroid dienone is 6. The molecule has 0 unspecified atom stereocenters. The van der Waals surface area contributed by atoms with Crippen LogP contribution in [0.3, 0.4) is 0 Å². The number of nitrogens with two attached hydrogens (primary N) is 1. The highest BCUT2D eigenvalue weighted by atomic mass is 19.4. The molecule has 1 aliphatic carbocycles. The van der Waals surface area contributed by atoms with E-state index in [1.807, 2.05) is 62.4 Å². The monoisotopic (exact) mass is 738 g/mol. The summed E-state index contributed by atoms with van der Waals surface area (Å²) >= 11 is 0. The van der Waals surface area contributed by atoms with Crippen LogP contribution in [-0.2, 0) is 28.4 Å².